The van der Waals surface area contributed by atoms with Crippen LogP contribution in [0.25, 0.3) is 0 Å². The number of H-pyrrole nitrogens is 1. The molecule has 1 saturated carbocycles. The summed E-state index contributed by atoms with van der Waals surface area (Å²) >= 11 is 0. The predicted octanol–water partition coefficient (Wildman–Crippen LogP) is 0.691. The van der Waals surface area contributed by atoms with Gasteiger partial charge in [-0.15, -0.1) is 0 Å². The van der Waals surface area contributed by atoms with Crippen LogP contribution >= 0.6 is 0 Å². The van der Waals surface area contributed by atoms with E-state index in [1.54, 1.807) is 0 Å². The second-order valence-electron chi connectivity index (χ2n) is 3.49. The number of rotatable bonds is 3. The third kappa shape index (κ3) is 1.28. The summed E-state index contributed by atoms with van der Waals surface area (Å²) in [6, 6.07) is 0. The monoisotopic (exact) mass is 151 g/mol. The highest BCUT2D eigenvalue weighted by atomic mass is 15.1. The number of hydrogen-bond donors (Lipinski definition) is 2. The van der Waals surface area contributed by atoms with Gasteiger partial charge < -0.3 is 5.73 Å². The van der Waals surface area contributed by atoms with Crippen molar-refractivity contribution in [2.75, 3.05) is 6.54 Å². The van der Waals surface area contributed by atoms with E-state index in [9.17, 15) is 0 Å². The summed E-state index contributed by atoms with van der Waals surface area (Å²) in [6.07, 6.45) is 7.51. The maximum atomic E-state index is 5.65. The quantitative estimate of drug-likeness (QED) is 0.667. The van der Waals surface area contributed by atoms with Crippen LogP contribution in [-0.4, -0.2) is 16.7 Å². The van der Waals surface area contributed by atoms with Crippen LogP contribution in [0.1, 0.15) is 18.4 Å². The first-order valence-corrected chi connectivity index (χ1v) is 4.02. The van der Waals surface area contributed by atoms with Gasteiger partial charge in [0.2, 0.25) is 0 Å². The molecule has 0 aliphatic heterocycles. The molecule has 2 rings (SSSR count). The molecule has 1 aliphatic rings. The van der Waals surface area contributed by atoms with Crippen molar-refractivity contribution in [1.82, 2.24) is 10.2 Å². The molecular formula is C8H13N3. The standard InChI is InChI=1S/C8H13N3/c9-6-8(1-2-8)3-7-4-10-11-5-7/h4-5H,1-3,6,9H2,(H,10,11). The van der Waals surface area contributed by atoms with Gasteiger partial charge in [-0.25, -0.2) is 0 Å². The lowest BCUT2D eigenvalue weighted by molar-refractivity contribution is 0.521. The first-order chi connectivity index (χ1) is 5.35. The molecule has 0 amide bonds. The molecule has 0 atom stereocenters. The summed E-state index contributed by atoms with van der Waals surface area (Å²) in [5, 5.41) is 6.72. The highest BCUT2D eigenvalue weighted by Gasteiger charge is 2.40. The third-order valence-corrected chi connectivity index (χ3v) is 2.52. The number of nitrogens with one attached hydrogen (secondary N) is 1. The Bertz CT molecular complexity index is 223. The molecule has 60 valence electrons. The van der Waals surface area contributed by atoms with Gasteiger partial charge in [0.25, 0.3) is 0 Å². The van der Waals surface area contributed by atoms with Crippen molar-refractivity contribution < 1.29 is 0 Å². The average molecular weight is 151 g/mol. The molecule has 1 fully saturated rings. The van der Waals surface area contributed by atoms with E-state index in [1.165, 1.54) is 18.4 Å². The predicted molar refractivity (Wildman–Crippen MR) is 43.0 cm³/mol. The molecule has 1 heterocycles. The van der Waals surface area contributed by atoms with E-state index >= 15 is 0 Å². The minimum absolute atomic E-state index is 0.434. The van der Waals surface area contributed by atoms with E-state index in [-0.39, 0.29) is 0 Å². The molecule has 0 spiro atoms. The largest absolute Gasteiger partial charge is 0.330 e. The molecule has 3 heteroatoms. The highest BCUT2D eigenvalue weighted by Crippen LogP contribution is 2.47. The van der Waals surface area contributed by atoms with E-state index in [2.05, 4.69) is 10.2 Å². The van der Waals surface area contributed by atoms with E-state index < -0.39 is 0 Å². The Kier molecular flexibility index (Phi) is 1.46. The van der Waals surface area contributed by atoms with Crippen molar-refractivity contribution in [1.29, 1.82) is 0 Å². The summed E-state index contributed by atoms with van der Waals surface area (Å²) in [7, 11) is 0. The van der Waals surface area contributed by atoms with E-state index in [0.29, 0.717) is 5.41 Å². The third-order valence-electron chi connectivity index (χ3n) is 2.52. The Morgan fingerprint density at radius 3 is 2.91 bits per heavy atom. The van der Waals surface area contributed by atoms with Gasteiger partial charge in [-0.05, 0) is 36.8 Å². The van der Waals surface area contributed by atoms with Gasteiger partial charge in [0, 0.05) is 6.20 Å². The van der Waals surface area contributed by atoms with Crippen molar-refractivity contribution in [3.8, 4) is 0 Å². The molecule has 1 aromatic rings. The van der Waals surface area contributed by atoms with Crippen LogP contribution in [0.15, 0.2) is 12.4 Å². The zero-order chi connectivity index (χ0) is 7.73. The van der Waals surface area contributed by atoms with Crippen LogP contribution in [-0.2, 0) is 6.42 Å². The maximum Gasteiger partial charge on any atom is 0.0519 e. The molecule has 0 aromatic carbocycles. The summed E-state index contributed by atoms with van der Waals surface area (Å²) < 4.78 is 0. The fourth-order valence-electron chi connectivity index (χ4n) is 1.44. The molecule has 0 unspecified atom stereocenters. The number of aromatic nitrogens is 2. The van der Waals surface area contributed by atoms with Crippen molar-refractivity contribution in [3.63, 3.8) is 0 Å². The summed E-state index contributed by atoms with van der Waals surface area (Å²) in [5.41, 5.74) is 7.37. The highest BCUT2D eigenvalue weighted by molar-refractivity contribution is 5.11. The Morgan fingerprint density at radius 2 is 2.45 bits per heavy atom. The van der Waals surface area contributed by atoms with Gasteiger partial charge in [-0.3, -0.25) is 5.10 Å². The molecular weight excluding hydrogens is 138 g/mol. The van der Waals surface area contributed by atoms with Gasteiger partial charge in [0.05, 0.1) is 6.20 Å². The molecule has 3 N–H and O–H groups in total. The van der Waals surface area contributed by atoms with Crippen LogP contribution < -0.4 is 5.73 Å². The number of hydrogen-bond acceptors (Lipinski definition) is 2. The van der Waals surface area contributed by atoms with Crippen molar-refractivity contribution in [3.05, 3.63) is 18.0 Å². The van der Waals surface area contributed by atoms with E-state index in [0.717, 1.165) is 13.0 Å². The van der Waals surface area contributed by atoms with Crippen molar-refractivity contribution >= 4 is 0 Å². The molecule has 1 aliphatic carbocycles. The summed E-state index contributed by atoms with van der Waals surface area (Å²) in [4.78, 5) is 0. The normalized spacial score (nSPS) is 20.1. The van der Waals surface area contributed by atoms with Crippen LogP contribution in [0.3, 0.4) is 0 Å². The Labute approximate surface area is 66.0 Å². The molecule has 1 aromatic heterocycles. The molecule has 0 saturated heterocycles. The summed E-state index contributed by atoms with van der Waals surface area (Å²) in [6.45, 7) is 0.818. The van der Waals surface area contributed by atoms with Gasteiger partial charge >= 0.3 is 0 Å². The smallest absolute Gasteiger partial charge is 0.0519 e. The fourth-order valence-corrected chi connectivity index (χ4v) is 1.44. The first-order valence-electron chi connectivity index (χ1n) is 4.02. The molecule has 0 bridgehead atoms. The second kappa shape index (κ2) is 2.34. The van der Waals surface area contributed by atoms with Gasteiger partial charge in [0.15, 0.2) is 0 Å². The Morgan fingerprint density at radius 1 is 1.64 bits per heavy atom. The van der Waals surface area contributed by atoms with Crippen LogP contribution in [0.5, 0.6) is 0 Å². The van der Waals surface area contributed by atoms with Gasteiger partial charge in [-0.2, -0.15) is 5.10 Å². The van der Waals surface area contributed by atoms with Crippen LogP contribution in [0.4, 0.5) is 0 Å². The minimum atomic E-state index is 0.434. The molecule has 0 radical (unpaired) electrons. The SMILES string of the molecule is NCC1(Cc2cn[nH]c2)CC1. The van der Waals surface area contributed by atoms with Crippen molar-refractivity contribution in [2.24, 2.45) is 11.1 Å². The molecule has 11 heavy (non-hydrogen) atoms. The van der Waals surface area contributed by atoms with Crippen molar-refractivity contribution in [2.45, 2.75) is 19.3 Å². The maximum absolute atomic E-state index is 5.65. The summed E-state index contributed by atoms with van der Waals surface area (Å²) in [5.74, 6) is 0. The Hall–Kier alpha value is -0.830. The number of nitrogens with two attached hydrogens (primary N) is 1. The number of aromatic amines is 1. The topological polar surface area (TPSA) is 54.7 Å². The lowest BCUT2D eigenvalue weighted by Gasteiger charge is -2.08. The van der Waals surface area contributed by atoms with Crippen LogP contribution in [0, 0.1) is 5.41 Å². The van der Waals surface area contributed by atoms with Crippen LogP contribution in [0.2, 0.25) is 0 Å². The van der Waals surface area contributed by atoms with Gasteiger partial charge in [-0.1, -0.05) is 0 Å². The zero-order valence-electron chi connectivity index (χ0n) is 6.51. The lowest BCUT2D eigenvalue weighted by atomic mass is 9.99. The van der Waals surface area contributed by atoms with Gasteiger partial charge in [0.1, 0.15) is 0 Å². The fraction of sp³-hybridized carbons (Fsp3) is 0.625. The lowest BCUT2D eigenvalue weighted by Crippen LogP contribution is -2.17. The minimum Gasteiger partial charge on any atom is -0.330 e. The van der Waals surface area contributed by atoms with E-state index in [4.69, 9.17) is 5.73 Å². The zero-order valence-corrected chi connectivity index (χ0v) is 6.51. The van der Waals surface area contributed by atoms with E-state index in [1.807, 2.05) is 12.4 Å². The average Bonchev–Trinajstić information content (AvgIpc) is 2.59. The molecule has 3 nitrogen and oxygen atoms in total. The number of nitrogens with zero attached hydrogens (tertiary/aromatic N) is 1. The first kappa shape index (κ1) is 6.85. The second-order valence-corrected chi connectivity index (χ2v) is 3.49. The Balaban J connectivity index is 2.01.